The van der Waals surface area contributed by atoms with Crippen molar-refractivity contribution in [3.8, 4) is 17.0 Å². The molecule has 0 spiro atoms. The van der Waals surface area contributed by atoms with Gasteiger partial charge >= 0.3 is 0 Å². The summed E-state index contributed by atoms with van der Waals surface area (Å²) in [6.07, 6.45) is -0.620. The summed E-state index contributed by atoms with van der Waals surface area (Å²) in [4.78, 5) is 11.1. The molecule has 1 heterocycles. The van der Waals surface area contributed by atoms with E-state index in [-0.39, 0.29) is 17.7 Å². The summed E-state index contributed by atoms with van der Waals surface area (Å²) in [5.74, 6) is 0.613. The van der Waals surface area contributed by atoms with Crippen LogP contribution in [0.25, 0.3) is 11.3 Å². The van der Waals surface area contributed by atoms with Crippen LogP contribution in [-0.4, -0.2) is 40.1 Å². The van der Waals surface area contributed by atoms with Crippen molar-refractivity contribution in [2.45, 2.75) is 32.4 Å². The quantitative estimate of drug-likeness (QED) is 0.753. The lowest BCUT2D eigenvalue weighted by molar-refractivity contribution is 0.100. The highest BCUT2D eigenvalue weighted by molar-refractivity contribution is 5.66. The minimum absolute atomic E-state index is 0.0568. The molecule has 2 aromatic rings. The molecule has 2 rings (SSSR count). The number of rotatable bonds is 6. The van der Waals surface area contributed by atoms with Gasteiger partial charge in [-0.25, -0.2) is 5.10 Å². The Hall–Kier alpha value is -2.18. The Kier molecular flexibility index (Phi) is 5.52. The molecule has 1 atom stereocenters. The first-order valence-electron chi connectivity index (χ1n) is 7.56. The third-order valence-corrected chi connectivity index (χ3v) is 3.14. The molecule has 0 aliphatic carbocycles. The van der Waals surface area contributed by atoms with Gasteiger partial charge in [-0.05, 0) is 39.0 Å². The largest absolute Gasteiger partial charge is 0.490 e. The summed E-state index contributed by atoms with van der Waals surface area (Å²) in [6, 6.07) is 10.4. The van der Waals surface area contributed by atoms with Crippen molar-refractivity contribution in [3.63, 3.8) is 0 Å². The van der Waals surface area contributed by atoms with E-state index < -0.39 is 6.10 Å². The molecule has 3 N–H and O–H groups in total. The van der Waals surface area contributed by atoms with Crippen molar-refractivity contribution in [1.82, 2.24) is 15.5 Å². The highest BCUT2D eigenvalue weighted by atomic mass is 16.5. The summed E-state index contributed by atoms with van der Waals surface area (Å²) in [7, 11) is 0. The van der Waals surface area contributed by atoms with Crippen LogP contribution in [0.5, 0.6) is 5.75 Å². The zero-order valence-corrected chi connectivity index (χ0v) is 13.7. The average molecular weight is 317 g/mol. The third kappa shape index (κ3) is 5.50. The van der Waals surface area contributed by atoms with Crippen molar-refractivity contribution >= 4 is 0 Å². The second-order valence-electron chi connectivity index (χ2n) is 6.40. The SMILES string of the molecule is CC(C)(C)NCC(O)COc1ccccc1-c1ccc(=O)[nH]n1. The predicted molar refractivity (Wildman–Crippen MR) is 89.6 cm³/mol. The molecule has 0 fully saturated rings. The summed E-state index contributed by atoms with van der Waals surface area (Å²) < 4.78 is 5.73. The van der Waals surface area contributed by atoms with Gasteiger partial charge in [-0.2, -0.15) is 5.10 Å². The van der Waals surface area contributed by atoms with E-state index in [9.17, 15) is 9.90 Å². The fourth-order valence-corrected chi connectivity index (χ4v) is 1.97. The number of hydrogen-bond acceptors (Lipinski definition) is 5. The van der Waals surface area contributed by atoms with Gasteiger partial charge in [0.05, 0.1) is 5.69 Å². The number of aliphatic hydroxyl groups is 1. The standard InChI is InChI=1S/C17H23N3O3/c1-17(2,3)18-10-12(21)11-23-15-7-5-4-6-13(15)14-8-9-16(22)20-19-14/h4-9,12,18,21H,10-11H2,1-3H3,(H,20,22). The normalized spacial score (nSPS) is 12.9. The molecular formula is C17H23N3O3. The molecule has 0 aliphatic heterocycles. The van der Waals surface area contributed by atoms with E-state index in [0.29, 0.717) is 18.0 Å². The highest BCUT2D eigenvalue weighted by Crippen LogP contribution is 2.27. The number of aromatic nitrogens is 2. The number of aromatic amines is 1. The van der Waals surface area contributed by atoms with Crippen LogP contribution in [0.4, 0.5) is 0 Å². The first kappa shape index (κ1) is 17.2. The molecule has 0 radical (unpaired) electrons. The lowest BCUT2D eigenvalue weighted by Crippen LogP contribution is -2.42. The monoisotopic (exact) mass is 317 g/mol. The van der Waals surface area contributed by atoms with Gasteiger partial charge in [-0.15, -0.1) is 0 Å². The van der Waals surface area contributed by atoms with Crippen LogP contribution in [0.1, 0.15) is 20.8 Å². The minimum Gasteiger partial charge on any atom is -0.490 e. The van der Waals surface area contributed by atoms with Gasteiger partial charge in [-0.3, -0.25) is 4.79 Å². The molecule has 6 heteroatoms. The Morgan fingerprint density at radius 1 is 1.26 bits per heavy atom. The maximum absolute atomic E-state index is 11.1. The van der Waals surface area contributed by atoms with Gasteiger partial charge in [0.15, 0.2) is 0 Å². The van der Waals surface area contributed by atoms with E-state index in [2.05, 4.69) is 15.5 Å². The number of hydrogen-bond donors (Lipinski definition) is 3. The number of para-hydroxylation sites is 1. The van der Waals surface area contributed by atoms with E-state index in [4.69, 9.17) is 4.74 Å². The van der Waals surface area contributed by atoms with Gasteiger partial charge < -0.3 is 15.2 Å². The molecule has 0 saturated carbocycles. The molecule has 0 amide bonds. The van der Waals surface area contributed by atoms with E-state index in [0.717, 1.165) is 5.56 Å². The van der Waals surface area contributed by atoms with Crippen molar-refractivity contribution in [2.24, 2.45) is 0 Å². The van der Waals surface area contributed by atoms with Crippen molar-refractivity contribution in [1.29, 1.82) is 0 Å². The number of aliphatic hydroxyl groups excluding tert-OH is 1. The Labute approximate surface area is 135 Å². The van der Waals surface area contributed by atoms with Crippen LogP contribution >= 0.6 is 0 Å². The second-order valence-corrected chi connectivity index (χ2v) is 6.40. The van der Waals surface area contributed by atoms with Gasteiger partial charge in [0.1, 0.15) is 18.5 Å². The minimum atomic E-state index is -0.620. The lowest BCUT2D eigenvalue weighted by Gasteiger charge is -2.23. The van der Waals surface area contributed by atoms with Crippen LogP contribution in [0.2, 0.25) is 0 Å². The molecular weight excluding hydrogens is 294 g/mol. The fourth-order valence-electron chi connectivity index (χ4n) is 1.97. The first-order chi connectivity index (χ1) is 10.8. The predicted octanol–water partition coefficient (Wildman–Crippen LogP) is 1.56. The van der Waals surface area contributed by atoms with Crippen LogP contribution in [0.3, 0.4) is 0 Å². The molecule has 23 heavy (non-hydrogen) atoms. The molecule has 6 nitrogen and oxygen atoms in total. The van der Waals surface area contributed by atoms with Crippen LogP contribution in [-0.2, 0) is 0 Å². The van der Waals surface area contributed by atoms with Gasteiger partial charge in [0.25, 0.3) is 5.56 Å². The molecule has 0 saturated heterocycles. The highest BCUT2D eigenvalue weighted by Gasteiger charge is 2.14. The number of nitrogens with one attached hydrogen (secondary N) is 2. The lowest BCUT2D eigenvalue weighted by atomic mass is 10.1. The maximum atomic E-state index is 11.1. The Morgan fingerprint density at radius 2 is 2.00 bits per heavy atom. The zero-order chi connectivity index (χ0) is 16.9. The topological polar surface area (TPSA) is 87.2 Å². The van der Waals surface area contributed by atoms with Crippen LogP contribution in [0, 0.1) is 0 Å². The van der Waals surface area contributed by atoms with Crippen LogP contribution in [0.15, 0.2) is 41.2 Å². The molecule has 1 unspecified atom stereocenters. The molecule has 0 bridgehead atoms. The zero-order valence-electron chi connectivity index (χ0n) is 13.7. The number of benzene rings is 1. The Balaban J connectivity index is 2.03. The van der Waals surface area contributed by atoms with Crippen molar-refractivity contribution in [2.75, 3.05) is 13.2 Å². The van der Waals surface area contributed by atoms with Crippen molar-refractivity contribution in [3.05, 3.63) is 46.8 Å². The number of β-amino-alcohol motifs (C(OH)–C–C–N with tert-alkyl or cyclic N) is 1. The molecule has 0 aliphatic rings. The van der Waals surface area contributed by atoms with E-state index in [1.807, 2.05) is 45.0 Å². The number of ether oxygens (including phenoxy) is 1. The summed E-state index contributed by atoms with van der Waals surface area (Å²) >= 11 is 0. The molecule has 1 aromatic heterocycles. The van der Waals surface area contributed by atoms with Crippen molar-refractivity contribution < 1.29 is 9.84 Å². The third-order valence-electron chi connectivity index (χ3n) is 3.14. The van der Waals surface area contributed by atoms with Crippen LogP contribution < -0.4 is 15.6 Å². The summed E-state index contributed by atoms with van der Waals surface area (Å²) in [5.41, 5.74) is 1.07. The number of nitrogens with zero attached hydrogens (tertiary/aromatic N) is 1. The van der Waals surface area contributed by atoms with E-state index in [1.54, 1.807) is 6.07 Å². The first-order valence-corrected chi connectivity index (χ1v) is 7.56. The summed E-state index contributed by atoms with van der Waals surface area (Å²) in [5, 5.41) is 19.7. The second kappa shape index (κ2) is 7.39. The smallest absolute Gasteiger partial charge is 0.264 e. The molecule has 124 valence electrons. The van der Waals surface area contributed by atoms with Gasteiger partial charge in [0.2, 0.25) is 0 Å². The average Bonchev–Trinajstić information content (AvgIpc) is 2.51. The van der Waals surface area contributed by atoms with Gasteiger partial charge in [-0.1, -0.05) is 12.1 Å². The van der Waals surface area contributed by atoms with Gasteiger partial charge in [0, 0.05) is 23.7 Å². The fraction of sp³-hybridized carbons (Fsp3) is 0.412. The molecule has 1 aromatic carbocycles. The summed E-state index contributed by atoms with van der Waals surface area (Å²) in [6.45, 7) is 6.74. The Bertz CT molecular complexity index is 671. The Morgan fingerprint density at radius 3 is 2.65 bits per heavy atom. The number of H-pyrrole nitrogens is 1. The maximum Gasteiger partial charge on any atom is 0.264 e. The van der Waals surface area contributed by atoms with E-state index >= 15 is 0 Å². The van der Waals surface area contributed by atoms with E-state index in [1.165, 1.54) is 6.07 Å².